The van der Waals surface area contributed by atoms with Crippen molar-refractivity contribution >= 4 is 39.5 Å². The quantitative estimate of drug-likeness (QED) is 0.0222. The molecule has 3 unspecified atom stereocenters. The molecule has 0 saturated carbocycles. The summed E-state index contributed by atoms with van der Waals surface area (Å²) in [6.45, 7) is 12.0. The molecule has 0 aliphatic rings. The van der Waals surface area contributed by atoms with Gasteiger partial charge in [-0.25, -0.2) is 9.13 Å². The Morgan fingerprint density at radius 1 is 0.274 bits per heavy atom. The van der Waals surface area contributed by atoms with Crippen LogP contribution in [0.15, 0.2) is 0 Å². The van der Waals surface area contributed by atoms with Crippen LogP contribution in [0.5, 0.6) is 0 Å². The molecule has 0 aliphatic carbocycles. The molecule has 6 atom stereocenters. The third-order valence-corrected chi connectivity index (χ3v) is 22.6. The van der Waals surface area contributed by atoms with Crippen molar-refractivity contribution in [2.24, 2.45) is 17.8 Å². The van der Waals surface area contributed by atoms with Crippen LogP contribution in [0.4, 0.5) is 0 Å². The summed E-state index contributed by atoms with van der Waals surface area (Å²) >= 11 is 0. The molecular weight excluding hydrogens is 1380 g/mol. The molecule has 0 bridgehead atoms. The number of hydrogen-bond acceptors (Lipinski definition) is 15. The van der Waals surface area contributed by atoms with Crippen LogP contribution in [0.2, 0.25) is 0 Å². The number of aliphatic hydroxyl groups excluding tert-OH is 1. The predicted octanol–water partition coefficient (Wildman–Crippen LogP) is 26.5. The zero-order valence-electron chi connectivity index (χ0n) is 69.9. The Bertz CT molecular complexity index is 2050. The molecule has 630 valence electrons. The van der Waals surface area contributed by atoms with Crippen LogP contribution in [-0.4, -0.2) is 96.7 Å². The van der Waals surface area contributed by atoms with Crippen molar-refractivity contribution in [1.29, 1.82) is 0 Å². The first kappa shape index (κ1) is 104. The molecule has 0 aliphatic heterocycles. The molecule has 17 nitrogen and oxygen atoms in total. The summed E-state index contributed by atoms with van der Waals surface area (Å²) in [4.78, 5) is 73.3. The van der Waals surface area contributed by atoms with E-state index in [1.165, 1.54) is 270 Å². The lowest BCUT2D eigenvalue weighted by molar-refractivity contribution is -0.161. The van der Waals surface area contributed by atoms with Crippen molar-refractivity contribution in [2.45, 2.75) is 478 Å². The van der Waals surface area contributed by atoms with Crippen molar-refractivity contribution in [1.82, 2.24) is 0 Å². The standard InChI is InChI=1S/C87H170O17P2/c1-8-10-11-12-13-14-15-16-17-23-30-35-40-49-56-63-70-87(92)104-83(75-98-85(90)69-62-55-48-43-42-45-52-59-66-79(5)6)77-102-106(95,96)100-73-81(88)72-99-105(93,94)101-76-82(74-97-84(89)68-61-54-47-39-34-29-26-25-28-33-38-46-53-60-67-80(7)9-2)103-86(91)71-64-57-50-41-36-31-24-21-19-18-20-22-27-32-37-44-51-58-65-78(3)4/h78-83,88H,8-77H2,1-7H3,(H,93,94)(H,95,96)/t80?,81-,82-,83-/m1/s1. The normalized spacial score (nSPS) is 14.1. The minimum Gasteiger partial charge on any atom is -0.462 e. The molecule has 0 saturated heterocycles. The van der Waals surface area contributed by atoms with E-state index in [4.69, 9.17) is 37.0 Å². The van der Waals surface area contributed by atoms with E-state index < -0.39 is 97.5 Å². The van der Waals surface area contributed by atoms with Gasteiger partial charge in [-0.2, -0.15) is 0 Å². The van der Waals surface area contributed by atoms with Gasteiger partial charge in [-0.15, -0.1) is 0 Å². The van der Waals surface area contributed by atoms with Gasteiger partial charge in [0.25, 0.3) is 0 Å². The van der Waals surface area contributed by atoms with Gasteiger partial charge in [0.15, 0.2) is 12.2 Å². The van der Waals surface area contributed by atoms with E-state index in [0.29, 0.717) is 25.7 Å². The molecule has 0 spiro atoms. The van der Waals surface area contributed by atoms with Gasteiger partial charge in [0.1, 0.15) is 19.3 Å². The number of hydrogen-bond donors (Lipinski definition) is 3. The maximum atomic E-state index is 13.2. The number of ether oxygens (including phenoxy) is 4. The van der Waals surface area contributed by atoms with Crippen molar-refractivity contribution in [3.05, 3.63) is 0 Å². The number of carbonyl (C=O) groups excluding carboxylic acids is 4. The fraction of sp³-hybridized carbons (Fsp3) is 0.954. The van der Waals surface area contributed by atoms with Crippen molar-refractivity contribution < 1.29 is 80.2 Å². The van der Waals surface area contributed by atoms with Gasteiger partial charge in [-0.1, -0.05) is 408 Å². The topological polar surface area (TPSA) is 237 Å². The highest BCUT2D eigenvalue weighted by Crippen LogP contribution is 2.45. The average Bonchev–Trinajstić information content (AvgIpc) is 0.907. The Balaban J connectivity index is 5.24. The summed E-state index contributed by atoms with van der Waals surface area (Å²) in [7, 11) is -9.93. The van der Waals surface area contributed by atoms with Crippen LogP contribution in [0.1, 0.15) is 459 Å². The third kappa shape index (κ3) is 78.7. The zero-order valence-corrected chi connectivity index (χ0v) is 71.7. The summed E-state index contributed by atoms with van der Waals surface area (Å²) in [6.07, 6.45) is 68.0. The molecule has 19 heteroatoms. The second kappa shape index (κ2) is 77.0. The maximum absolute atomic E-state index is 13.2. The number of phosphoric acid groups is 2. The molecule has 0 aromatic heterocycles. The number of esters is 4. The lowest BCUT2D eigenvalue weighted by atomic mass is 9.99. The lowest BCUT2D eigenvalue weighted by Gasteiger charge is -2.21. The second-order valence-corrected chi connectivity index (χ2v) is 35.4. The Morgan fingerprint density at radius 3 is 0.717 bits per heavy atom. The van der Waals surface area contributed by atoms with Crippen LogP contribution < -0.4 is 0 Å². The van der Waals surface area contributed by atoms with Crippen LogP contribution in [0, 0.1) is 17.8 Å². The Hall–Kier alpha value is -1.94. The summed E-state index contributed by atoms with van der Waals surface area (Å²) in [5.41, 5.74) is 0. The minimum absolute atomic E-state index is 0.108. The monoisotopic (exact) mass is 1550 g/mol. The van der Waals surface area contributed by atoms with Gasteiger partial charge < -0.3 is 33.8 Å². The lowest BCUT2D eigenvalue weighted by Crippen LogP contribution is -2.30. The molecule has 0 rings (SSSR count). The van der Waals surface area contributed by atoms with E-state index in [1.54, 1.807) is 0 Å². The van der Waals surface area contributed by atoms with E-state index in [1.807, 2.05) is 0 Å². The van der Waals surface area contributed by atoms with Gasteiger partial charge in [0.05, 0.1) is 26.4 Å². The minimum atomic E-state index is -4.97. The molecule has 0 heterocycles. The van der Waals surface area contributed by atoms with Crippen LogP contribution in [0.25, 0.3) is 0 Å². The molecule has 0 fully saturated rings. The summed E-state index contributed by atoms with van der Waals surface area (Å²) in [5.74, 6) is 0.294. The predicted molar refractivity (Wildman–Crippen MR) is 437 cm³/mol. The van der Waals surface area contributed by atoms with Gasteiger partial charge >= 0.3 is 39.5 Å². The third-order valence-electron chi connectivity index (χ3n) is 20.7. The molecule has 106 heavy (non-hydrogen) atoms. The largest absolute Gasteiger partial charge is 0.472 e. The van der Waals surface area contributed by atoms with Gasteiger partial charge in [0.2, 0.25) is 0 Å². The summed E-state index contributed by atoms with van der Waals surface area (Å²) < 4.78 is 68.9. The molecule has 0 amide bonds. The van der Waals surface area contributed by atoms with Crippen LogP contribution in [0.3, 0.4) is 0 Å². The SMILES string of the molecule is CCCCCCCCCCCCCCCCCCC(=O)O[C@H](COC(=O)CCCCCCCCCCC(C)C)COP(=O)(O)OC[C@H](O)COP(=O)(O)OC[C@@H](COC(=O)CCCCCCCCCCCCCCCCC(C)CC)OC(=O)CCCCCCCCCCCCCCCCCCCCC(C)C. The fourth-order valence-electron chi connectivity index (χ4n) is 13.5. The maximum Gasteiger partial charge on any atom is 0.472 e. The average molecular weight is 1550 g/mol. The van der Waals surface area contributed by atoms with E-state index in [0.717, 1.165) is 108 Å². The first-order valence-corrected chi connectivity index (χ1v) is 47.9. The van der Waals surface area contributed by atoms with E-state index >= 15 is 0 Å². The highest BCUT2D eigenvalue weighted by atomic mass is 31.2. The highest BCUT2D eigenvalue weighted by molar-refractivity contribution is 7.47. The molecule has 0 aromatic rings. The van der Waals surface area contributed by atoms with Crippen molar-refractivity contribution in [3.63, 3.8) is 0 Å². The Labute approximate surface area is 651 Å². The van der Waals surface area contributed by atoms with Gasteiger partial charge in [-0.05, 0) is 43.4 Å². The highest BCUT2D eigenvalue weighted by Gasteiger charge is 2.31. The molecule has 3 N–H and O–H groups in total. The van der Waals surface area contributed by atoms with Crippen molar-refractivity contribution in [3.8, 4) is 0 Å². The van der Waals surface area contributed by atoms with Gasteiger partial charge in [0, 0.05) is 25.7 Å². The second-order valence-electron chi connectivity index (χ2n) is 32.5. The zero-order chi connectivity index (χ0) is 77.9. The van der Waals surface area contributed by atoms with Crippen molar-refractivity contribution in [2.75, 3.05) is 39.6 Å². The number of aliphatic hydroxyl groups is 1. The molecule has 0 aromatic carbocycles. The Morgan fingerprint density at radius 2 is 0.481 bits per heavy atom. The van der Waals surface area contributed by atoms with Crippen LogP contribution >= 0.6 is 15.6 Å². The summed E-state index contributed by atoms with van der Waals surface area (Å²) in [5, 5.41) is 10.7. The first-order valence-electron chi connectivity index (χ1n) is 44.9. The number of phosphoric ester groups is 2. The smallest absolute Gasteiger partial charge is 0.462 e. The number of carbonyl (C=O) groups is 4. The summed E-state index contributed by atoms with van der Waals surface area (Å²) in [6, 6.07) is 0. The molecular formula is C87H170O17P2. The fourth-order valence-corrected chi connectivity index (χ4v) is 15.1. The van der Waals surface area contributed by atoms with Crippen LogP contribution in [-0.2, 0) is 65.4 Å². The van der Waals surface area contributed by atoms with Gasteiger partial charge in [-0.3, -0.25) is 37.3 Å². The number of rotatable bonds is 85. The van der Waals surface area contributed by atoms with E-state index in [-0.39, 0.29) is 25.7 Å². The molecule has 0 radical (unpaired) electrons. The van der Waals surface area contributed by atoms with E-state index in [9.17, 15) is 43.2 Å². The number of unbranched alkanes of at least 4 members (excludes halogenated alkanes) is 52. The first-order chi connectivity index (χ1) is 51.3. The van der Waals surface area contributed by atoms with E-state index in [2.05, 4.69) is 48.5 Å². The Kier molecular flexibility index (Phi) is 75.6.